The van der Waals surface area contributed by atoms with Gasteiger partial charge in [-0.25, -0.2) is 0 Å². The van der Waals surface area contributed by atoms with Crippen LogP contribution in [0.4, 0.5) is 11.4 Å². The first-order chi connectivity index (χ1) is 9.65. The van der Waals surface area contributed by atoms with Crippen molar-refractivity contribution in [2.75, 3.05) is 17.2 Å². The number of aryl methyl sites for hydroxylation is 3. The van der Waals surface area contributed by atoms with Gasteiger partial charge in [0.15, 0.2) is 0 Å². The Morgan fingerprint density at radius 1 is 1.10 bits per heavy atom. The Hall–Kier alpha value is -1.96. The fraction of sp³-hybridized carbons (Fsp3) is 0.333. The first-order valence-electron chi connectivity index (χ1n) is 7.31. The van der Waals surface area contributed by atoms with Gasteiger partial charge in [-0.15, -0.1) is 0 Å². The number of fused-ring (bicyclic) bond motifs is 1. The maximum atomic E-state index is 3.61. The van der Waals surface area contributed by atoms with E-state index >= 15 is 0 Å². The topological polar surface area (TPSA) is 24.1 Å². The molecule has 0 saturated heterocycles. The van der Waals surface area contributed by atoms with Gasteiger partial charge < -0.3 is 10.6 Å². The monoisotopic (exact) mass is 266 g/mol. The quantitative estimate of drug-likeness (QED) is 0.870. The molecule has 0 aliphatic carbocycles. The fourth-order valence-corrected chi connectivity index (χ4v) is 3.20. The van der Waals surface area contributed by atoms with Crippen LogP contribution in [0.1, 0.15) is 27.8 Å². The molecule has 2 heteroatoms. The van der Waals surface area contributed by atoms with E-state index in [1.54, 1.807) is 0 Å². The maximum absolute atomic E-state index is 3.61. The van der Waals surface area contributed by atoms with Crippen molar-refractivity contribution >= 4 is 11.4 Å². The van der Waals surface area contributed by atoms with E-state index in [1.165, 1.54) is 39.2 Å². The average molecular weight is 266 g/mol. The molecule has 2 aromatic rings. The Kier molecular flexibility index (Phi) is 3.39. The Balaban J connectivity index is 1.83. The summed E-state index contributed by atoms with van der Waals surface area (Å²) in [5.41, 5.74) is 9.38. The molecule has 0 saturated carbocycles. The molecule has 3 rings (SSSR count). The predicted molar refractivity (Wildman–Crippen MR) is 86.6 cm³/mol. The van der Waals surface area contributed by atoms with Gasteiger partial charge in [0, 0.05) is 24.5 Å². The largest absolute Gasteiger partial charge is 0.384 e. The third kappa shape index (κ3) is 2.38. The number of nitrogens with one attached hydrogen (secondary N) is 2. The number of benzene rings is 2. The average Bonchev–Trinajstić information content (AvgIpc) is 2.86. The zero-order valence-corrected chi connectivity index (χ0v) is 12.5. The summed E-state index contributed by atoms with van der Waals surface area (Å²) in [6.07, 6.45) is 1.14. The number of para-hydroxylation sites is 1. The van der Waals surface area contributed by atoms with Crippen molar-refractivity contribution in [1.82, 2.24) is 0 Å². The zero-order valence-electron chi connectivity index (χ0n) is 12.5. The molecule has 0 aromatic heterocycles. The fourth-order valence-electron chi connectivity index (χ4n) is 3.20. The van der Waals surface area contributed by atoms with E-state index in [2.05, 4.69) is 61.7 Å². The van der Waals surface area contributed by atoms with Crippen LogP contribution in [-0.2, 0) is 13.0 Å². The summed E-state index contributed by atoms with van der Waals surface area (Å²) in [5, 5.41) is 7.12. The van der Waals surface area contributed by atoms with Gasteiger partial charge in [0.25, 0.3) is 0 Å². The highest BCUT2D eigenvalue weighted by molar-refractivity contribution is 5.63. The van der Waals surface area contributed by atoms with Crippen LogP contribution in [0.15, 0.2) is 30.3 Å². The van der Waals surface area contributed by atoms with Crippen molar-refractivity contribution < 1.29 is 0 Å². The van der Waals surface area contributed by atoms with Gasteiger partial charge in [-0.2, -0.15) is 0 Å². The Morgan fingerprint density at radius 3 is 2.60 bits per heavy atom. The third-order valence-corrected chi connectivity index (χ3v) is 4.07. The van der Waals surface area contributed by atoms with E-state index in [0.29, 0.717) is 0 Å². The molecular weight excluding hydrogens is 244 g/mol. The molecule has 0 spiro atoms. The highest BCUT2D eigenvalue weighted by Gasteiger charge is 2.13. The molecule has 0 atom stereocenters. The molecular formula is C18H22N2. The zero-order chi connectivity index (χ0) is 14.1. The molecule has 2 N–H and O–H groups in total. The van der Waals surface area contributed by atoms with Crippen LogP contribution in [0.25, 0.3) is 0 Å². The van der Waals surface area contributed by atoms with Gasteiger partial charge in [0.2, 0.25) is 0 Å². The highest BCUT2D eigenvalue weighted by atomic mass is 14.9. The van der Waals surface area contributed by atoms with Gasteiger partial charge in [-0.1, -0.05) is 35.9 Å². The Morgan fingerprint density at radius 2 is 1.85 bits per heavy atom. The SMILES string of the molecule is Cc1cc(C)c(NCc2cccc3c2NCC3)c(C)c1. The molecule has 0 bridgehead atoms. The van der Waals surface area contributed by atoms with E-state index in [0.717, 1.165) is 19.5 Å². The lowest BCUT2D eigenvalue weighted by Gasteiger charge is -2.15. The Labute approximate surface area is 121 Å². The summed E-state index contributed by atoms with van der Waals surface area (Å²) in [6.45, 7) is 8.44. The van der Waals surface area contributed by atoms with E-state index < -0.39 is 0 Å². The lowest BCUT2D eigenvalue weighted by molar-refractivity contribution is 1.11. The molecule has 0 amide bonds. The minimum atomic E-state index is 0.876. The van der Waals surface area contributed by atoms with Crippen molar-refractivity contribution in [1.29, 1.82) is 0 Å². The first kappa shape index (κ1) is 13.0. The van der Waals surface area contributed by atoms with Crippen LogP contribution < -0.4 is 10.6 Å². The second-order valence-electron chi connectivity index (χ2n) is 5.76. The highest BCUT2D eigenvalue weighted by Crippen LogP contribution is 2.28. The molecule has 2 nitrogen and oxygen atoms in total. The lowest BCUT2D eigenvalue weighted by atomic mass is 10.0. The van der Waals surface area contributed by atoms with Gasteiger partial charge >= 0.3 is 0 Å². The summed E-state index contributed by atoms with van der Waals surface area (Å²) in [4.78, 5) is 0. The molecule has 0 radical (unpaired) electrons. The molecule has 1 aliphatic rings. The molecule has 0 unspecified atom stereocenters. The van der Waals surface area contributed by atoms with Gasteiger partial charge in [-0.05, 0) is 49.4 Å². The van der Waals surface area contributed by atoms with Gasteiger partial charge in [0.1, 0.15) is 0 Å². The minimum Gasteiger partial charge on any atom is -0.384 e. The van der Waals surface area contributed by atoms with Crippen molar-refractivity contribution in [2.24, 2.45) is 0 Å². The van der Waals surface area contributed by atoms with E-state index in [9.17, 15) is 0 Å². The molecule has 1 aliphatic heterocycles. The maximum Gasteiger partial charge on any atom is 0.0424 e. The van der Waals surface area contributed by atoms with E-state index in [4.69, 9.17) is 0 Å². The normalized spacial score (nSPS) is 12.9. The first-order valence-corrected chi connectivity index (χ1v) is 7.31. The minimum absolute atomic E-state index is 0.876. The standard InChI is InChI=1S/C18H22N2/c1-12-9-13(2)17(14(3)10-12)20-11-16-6-4-5-15-7-8-19-18(15)16/h4-6,9-10,19-20H,7-8,11H2,1-3H3. The molecule has 1 heterocycles. The molecule has 2 aromatic carbocycles. The third-order valence-electron chi connectivity index (χ3n) is 4.07. The lowest BCUT2D eigenvalue weighted by Crippen LogP contribution is -2.05. The van der Waals surface area contributed by atoms with Crippen LogP contribution in [0.5, 0.6) is 0 Å². The van der Waals surface area contributed by atoms with Crippen molar-refractivity contribution in [2.45, 2.75) is 33.7 Å². The number of hydrogen-bond donors (Lipinski definition) is 2. The van der Waals surface area contributed by atoms with E-state index in [-0.39, 0.29) is 0 Å². The summed E-state index contributed by atoms with van der Waals surface area (Å²) in [5.74, 6) is 0. The van der Waals surface area contributed by atoms with Crippen LogP contribution in [0.3, 0.4) is 0 Å². The van der Waals surface area contributed by atoms with Crippen molar-refractivity contribution in [3.63, 3.8) is 0 Å². The number of rotatable bonds is 3. The molecule has 104 valence electrons. The number of anilines is 2. The summed E-state index contributed by atoms with van der Waals surface area (Å²) >= 11 is 0. The Bertz CT molecular complexity index is 621. The predicted octanol–water partition coefficient (Wildman–Crippen LogP) is 4.19. The van der Waals surface area contributed by atoms with Gasteiger partial charge in [-0.3, -0.25) is 0 Å². The van der Waals surface area contributed by atoms with Crippen LogP contribution >= 0.6 is 0 Å². The summed E-state index contributed by atoms with van der Waals surface area (Å²) in [6, 6.07) is 11.1. The second kappa shape index (κ2) is 5.20. The second-order valence-corrected chi connectivity index (χ2v) is 5.76. The number of hydrogen-bond acceptors (Lipinski definition) is 2. The van der Waals surface area contributed by atoms with Crippen molar-refractivity contribution in [3.05, 3.63) is 58.1 Å². The van der Waals surface area contributed by atoms with Crippen LogP contribution in [-0.4, -0.2) is 6.54 Å². The summed E-state index contributed by atoms with van der Waals surface area (Å²) < 4.78 is 0. The molecule has 20 heavy (non-hydrogen) atoms. The molecule has 0 fully saturated rings. The smallest absolute Gasteiger partial charge is 0.0424 e. The van der Waals surface area contributed by atoms with Crippen molar-refractivity contribution in [3.8, 4) is 0 Å². The van der Waals surface area contributed by atoms with E-state index in [1.807, 2.05) is 0 Å². The van der Waals surface area contributed by atoms with Crippen LogP contribution in [0, 0.1) is 20.8 Å². The summed E-state index contributed by atoms with van der Waals surface area (Å²) in [7, 11) is 0. The van der Waals surface area contributed by atoms with Crippen LogP contribution in [0.2, 0.25) is 0 Å². The van der Waals surface area contributed by atoms with Gasteiger partial charge in [0.05, 0.1) is 0 Å².